The minimum absolute atomic E-state index is 0.360. The lowest BCUT2D eigenvalue weighted by atomic mass is 10.1. The number of nitrogens with one attached hydrogen (secondary N) is 2. The van der Waals surface area contributed by atoms with Gasteiger partial charge in [-0.3, -0.25) is 9.58 Å². The average molecular weight is 439 g/mol. The van der Waals surface area contributed by atoms with E-state index in [1.54, 1.807) is 16.9 Å². The van der Waals surface area contributed by atoms with Crippen LogP contribution in [0.25, 0.3) is 11.3 Å². The molecule has 2 heterocycles. The summed E-state index contributed by atoms with van der Waals surface area (Å²) in [6.45, 7) is 4.67. The van der Waals surface area contributed by atoms with Crippen LogP contribution in [0.5, 0.6) is 5.75 Å². The molecule has 0 unspecified atom stereocenters. The van der Waals surface area contributed by atoms with Crippen molar-refractivity contribution in [3.8, 4) is 17.0 Å². The summed E-state index contributed by atoms with van der Waals surface area (Å²) in [6, 6.07) is 12.5. The summed E-state index contributed by atoms with van der Waals surface area (Å²) < 4.78 is 26.3. The van der Waals surface area contributed by atoms with Crippen molar-refractivity contribution in [3.63, 3.8) is 0 Å². The van der Waals surface area contributed by atoms with Crippen LogP contribution in [-0.2, 0) is 11.8 Å². The van der Waals surface area contributed by atoms with Crippen LogP contribution < -0.4 is 15.4 Å². The van der Waals surface area contributed by atoms with Gasteiger partial charge in [0.25, 0.3) is 0 Å². The molecular weight excluding hydrogens is 413 g/mol. The molecule has 1 saturated heterocycles. The summed E-state index contributed by atoms with van der Waals surface area (Å²) in [5.74, 6) is 0.354. The van der Waals surface area contributed by atoms with Crippen molar-refractivity contribution in [2.45, 2.75) is 0 Å². The molecule has 1 fully saturated rings. The van der Waals surface area contributed by atoms with Crippen molar-refractivity contribution in [2.24, 2.45) is 7.05 Å². The van der Waals surface area contributed by atoms with Crippen molar-refractivity contribution in [2.75, 3.05) is 50.1 Å². The maximum atomic E-state index is 13.1. The summed E-state index contributed by atoms with van der Waals surface area (Å²) in [5, 5.41) is 9.75. The molecule has 0 radical (unpaired) electrons. The van der Waals surface area contributed by atoms with Gasteiger partial charge in [-0.25, -0.2) is 9.18 Å². The number of carbonyl (C=O) groups excluding carboxylic acids is 1. The first kappa shape index (κ1) is 21.8. The zero-order valence-corrected chi connectivity index (χ0v) is 17.9. The molecule has 0 saturated carbocycles. The Morgan fingerprint density at radius 1 is 1.09 bits per heavy atom. The van der Waals surface area contributed by atoms with E-state index in [1.165, 1.54) is 24.3 Å². The molecule has 8 nitrogen and oxygen atoms in total. The monoisotopic (exact) mass is 439 g/mol. The molecule has 1 aliphatic rings. The van der Waals surface area contributed by atoms with Crippen molar-refractivity contribution in [3.05, 3.63) is 60.5 Å². The van der Waals surface area contributed by atoms with Gasteiger partial charge in [0.15, 0.2) is 0 Å². The topological polar surface area (TPSA) is 80.7 Å². The Labute approximate surface area is 185 Å². The van der Waals surface area contributed by atoms with Gasteiger partial charge in [0.05, 0.1) is 18.9 Å². The molecule has 1 aromatic heterocycles. The molecule has 9 heteroatoms. The van der Waals surface area contributed by atoms with Crippen LogP contribution >= 0.6 is 0 Å². The SMILES string of the molecule is Cn1nccc1-c1cc(NC(=O)Nc2ccc(F)cc2)ccc1OCCN1CCOCC1. The first-order chi connectivity index (χ1) is 15.6. The Kier molecular flexibility index (Phi) is 6.98. The van der Waals surface area contributed by atoms with Gasteiger partial charge in [-0.1, -0.05) is 0 Å². The van der Waals surface area contributed by atoms with Gasteiger partial charge in [-0.15, -0.1) is 0 Å². The number of urea groups is 1. The Balaban J connectivity index is 1.46. The number of benzene rings is 2. The average Bonchev–Trinajstić information content (AvgIpc) is 3.22. The van der Waals surface area contributed by atoms with E-state index in [0.717, 1.165) is 44.1 Å². The molecular formula is C23H26FN5O3. The number of halogens is 1. The molecule has 168 valence electrons. The Hall–Kier alpha value is -3.43. The lowest BCUT2D eigenvalue weighted by Gasteiger charge is -2.26. The Bertz CT molecular complexity index is 1050. The highest BCUT2D eigenvalue weighted by atomic mass is 19.1. The fourth-order valence-electron chi connectivity index (χ4n) is 3.51. The van der Waals surface area contributed by atoms with Crippen LogP contribution in [0.4, 0.5) is 20.6 Å². The maximum absolute atomic E-state index is 13.1. The van der Waals surface area contributed by atoms with Gasteiger partial charge < -0.3 is 20.1 Å². The highest BCUT2D eigenvalue weighted by Gasteiger charge is 2.14. The van der Waals surface area contributed by atoms with Crippen LogP contribution in [0.1, 0.15) is 0 Å². The van der Waals surface area contributed by atoms with Crippen molar-refractivity contribution in [1.82, 2.24) is 14.7 Å². The molecule has 0 aliphatic carbocycles. The van der Waals surface area contributed by atoms with Crippen LogP contribution in [0, 0.1) is 5.82 Å². The Morgan fingerprint density at radius 2 is 1.81 bits per heavy atom. The number of anilines is 2. The molecule has 32 heavy (non-hydrogen) atoms. The minimum atomic E-state index is -0.423. The van der Waals surface area contributed by atoms with Crippen molar-refractivity contribution >= 4 is 17.4 Å². The second kappa shape index (κ2) is 10.3. The van der Waals surface area contributed by atoms with Gasteiger partial charge >= 0.3 is 6.03 Å². The molecule has 1 aliphatic heterocycles. The van der Waals surface area contributed by atoms with E-state index >= 15 is 0 Å². The fraction of sp³-hybridized carbons (Fsp3) is 0.304. The number of amides is 2. The largest absolute Gasteiger partial charge is 0.492 e. The van der Waals surface area contributed by atoms with Gasteiger partial charge in [-0.2, -0.15) is 5.10 Å². The number of carbonyl (C=O) groups is 1. The molecule has 0 atom stereocenters. The second-order valence-electron chi connectivity index (χ2n) is 7.44. The van der Waals surface area contributed by atoms with Gasteiger partial charge in [0.2, 0.25) is 0 Å². The number of hydrogen-bond donors (Lipinski definition) is 2. The minimum Gasteiger partial charge on any atom is -0.492 e. The van der Waals surface area contributed by atoms with Crippen LogP contribution in [0.15, 0.2) is 54.7 Å². The predicted octanol–water partition coefficient (Wildman–Crippen LogP) is 3.58. The molecule has 0 spiro atoms. The van der Waals surface area contributed by atoms with E-state index in [2.05, 4.69) is 20.6 Å². The zero-order valence-electron chi connectivity index (χ0n) is 17.9. The predicted molar refractivity (Wildman–Crippen MR) is 120 cm³/mol. The summed E-state index contributed by atoms with van der Waals surface area (Å²) in [4.78, 5) is 14.7. The highest BCUT2D eigenvalue weighted by Crippen LogP contribution is 2.32. The first-order valence-corrected chi connectivity index (χ1v) is 10.5. The number of nitrogens with zero attached hydrogens (tertiary/aromatic N) is 3. The lowest BCUT2D eigenvalue weighted by molar-refractivity contribution is 0.0323. The van der Waals surface area contributed by atoms with E-state index < -0.39 is 6.03 Å². The number of rotatable bonds is 7. The van der Waals surface area contributed by atoms with Crippen LogP contribution in [0.3, 0.4) is 0 Å². The first-order valence-electron chi connectivity index (χ1n) is 10.5. The molecule has 3 aromatic rings. The molecule has 2 amide bonds. The summed E-state index contributed by atoms with van der Waals surface area (Å²) in [5.41, 5.74) is 2.79. The van der Waals surface area contributed by atoms with E-state index in [-0.39, 0.29) is 5.82 Å². The number of aromatic nitrogens is 2. The van der Waals surface area contributed by atoms with Crippen molar-refractivity contribution in [1.29, 1.82) is 0 Å². The third-order valence-corrected chi connectivity index (χ3v) is 5.21. The molecule has 0 bridgehead atoms. The lowest BCUT2D eigenvalue weighted by Crippen LogP contribution is -2.38. The standard InChI is InChI=1S/C23H26FN5O3/c1-28-21(8-9-25-28)20-16-19(27-23(30)26-18-4-2-17(24)3-5-18)6-7-22(20)32-15-12-29-10-13-31-14-11-29/h2-9,16H,10-15H2,1H3,(H2,26,27,30). The van der Waals surface area contributed by atoms with Crippen LogP contribution in [0.2, 0.25) is 0 Å². The molecule has 2 aromatic carbocycles. The number of aryl methyl sites for hydroxylation is 1. The normalized spacial score (nSPS) is 14.2. The number of morpholine rings is 1. The highest BCUT2D eigenvalue weighted by molar-refractivity contribution is 6.00. The quantitative estimate of drug-likeness (QED) is 0.588. The van der Waals surface area contributed by atoms with E-state index in [4.69, 9.17) is 9.47 Å². The Morgan fingerprint density at radius 3 is 2.53 bits per heavy atom. The molecule has 2 N–H and O–H groups in total. The summed E-state index contributed by atoms with van der Waals surface area (Å²) in [7, 11) is 1.86. The third kappa shape index (κ3) is 5.63. The third-order valence-electron chi connectivity index (χ3n) is 5.21. The van der Waals surface area contributed by atoms with E-state index in [1.807, 2.05) is 25.2 Å². The van der Waals surface area contributed by atoms with Crippen LogP contribution in [-0.4, -0.2) is 60.2 Å². The maximum Gasteiger partial charge on any atom is 0.323 e. The fourth-order valence-corrected chi connectivity index (χ4v) is 3.51. The second-order valence-corrected chi connectivity index (χ2v) is 7.44. The number of hydrogen-bond acceptors (Lipinski definition) is 5. The van der Waals surface area contributed by atoms with E-state index in [0.29, 0.717) is 23.7 Å². The summed E-state index contributed by atoms with van der Waals surface area (Å²) >= 11 is 0. The van der Waals surface area contributed by atoms with E-state index in [9.17, 15) is 9.18 Å². The zero-order chi connectivity index (χ0) is 22.3. The smallest absolute Gasteiger partial charge is 0.323 e. The van der Waals surface area contributed by atoms with Gasteiger partial charge in [0, 0.05) is 49.8 Å². The van der Waals surface area contributed by atoms with Gasteiger partial charge in [0.1, 0.15) is 18.2 Å². The number of ether oxygens (including phenoxy) is 2. The summed E-state index contributed by atoms with van der Waals surface area (Å²) in [6.07, 6.45) is 1.72. The van der Waals surface area contributed by atoms with Gasteiger partial charge in [-0.05, 0) is 48.5 Å². The molecule has 4 rings (SSSR count). The van der Waals surface area contributed by atoms with Crippen molar-refractivity contribution < 1.29 is 18.7 Å².